The zero-order chi connectivity index (χ0) is 17.6. The lowest BCUT2D eigenvalue weighted by atomic mass is 10.1. The second kappa shape index (κ2) is 8.86. The van der Waals surface area contributed by atoms with E-state index in [1.165, 1.54) is 31.2 Å². The fourth-order valence-electron chi connectivity index (χ4n) is 3.30. The van der Waals surface area contributed by atoms with E-state index in [0.29, 0.717) is 6.04 Å². The molecule has 1 fully saturated rings. The first-order chi connectivity index (χ1) is 12.1. The summed E-state index contributed by atoms with van der Waals surface area (Å²) in [5.74, 6) is 1.04. The van der Waals surface area contributed by atoms with Gasteiger partial charge in [-0.25, -0.2) is 4.98 Å². The second-order valence-electron chi connectivity index (χ2n) is 6.80. The molecule has 0 bridgehead atoms. The first-order valence-electron chi connectivity index (χ1n) is 9.04. The number of thioether (sulfide) groups is 1. The number of aromatic nitrogens is 1. The quantitative estimate of drug-likeness (QED) is 0.509. The normalized spacial score (nSPS) is 15.8. The van der Waals surface area contributed by atoms with Crippen LogP contribution >= 0.6 is 23.1 Å². The highest BCUT2D eigenvalue weighted by Gasteiger charge is 2.22. The van der Waals surface area contributed by atoms with E-state index in [1.54, 1.807) is 23.1 Å². The van der Waals surface area contributed by atoms with Crippen LogP contribution in [-0.4, -0.2) is 28.9 Å². The number of carbonyl (C=O) groups excluding carboxylic acids is 1. The summed E-state index contributed by atoms with van der Waals surface area (Å²) >= 11 is 3.44. The molecule has 0 atom stereocenters. The third-order valence-corrected chi connectivity index (χ3v) is 7.06. The summed E-state index contributed by atoms with van der Waals surface area (Å²) in [5.41, 5.74) is 3.10. The Morgan fingerprint density at radius 2 is 1.88 bits per heavy atom. The number of rotatable bonds is 5. The Morgan fingerprint density at radius 3 is 2.48 bits per heavy atom. The van der Waals surface area contributed by atoms with Crippen molar-refractivity contribution in [1.29, 1.82) is 0 Å². The lowest BCUT2D eigenvalue weighted by molar-refractivity contribution is 0.0717. The van der Waals surface area contributed by atoms with Crippen LogP contribution in [0.25, 0.3) is 0 Å². The van der Waals surface area contributed by atoms with Gasteiger partial charge in [-0.2, -0.15) is 0 Å². The van der Waals surface area contributed by atoms with E-state index in [0.717, 1.165) is 34.2 Å². The van der Waals surface area contributed by atoms with Crippen molar-refractivity contribution in [2.24, 2.45) is 0 Å². The van der Waals surface area contributed by atoms with E-state index >= 15 is 0 Å². The number of carbonyl (C=O) groups is 1. The maximum absolute atomic E-state index is 12.8. The molecular formula is C20H26N2OS2. The summed E-state index contributed by atoms with van der Waals surface area (Å²) in [7, 11) is 1.97. The Morgan fingerprint density at radius 1 is 1.20 bits per heavy atom. The van der Waals surface area contributed by atoms with E-state index in [4.69, 9.17) is 0 Å². The van der Waals surface area contributed by atoms with E-state index in [9.17, 15) is 4.79 Å². The van der Waals surface area contributed by atoms with Crippen molar-refractivity contribution in [3.05, 3.63) is 46.5 Å². The number of thiazole rings is 1. The van der Waals surface area contributed by atoms with Crippen molar-refractivity contribution in [1.82, 2.24) is 9.88 Å². The van der Waals surface area contributed by atoms with Crippen LogP contribution < -0.4 is 0 Å². The van der Waals surface area contributed by atoms with Gasteiger partial charge in [-0.1, -0.05) is 49.6 Å². The van der Waals surface area contributed by atoms with Gasteiger partial charge < -0.3 is 4.90 Å². The molecule has 1 aliphatic carbocycles. The van der Waals surface area contributed by atoms with Gasteiger partial charge in [0.25, 0.3) is 5.91 Å². The highest BCUT2D eigenvalue weighted by molar-refractivity contribution is 8.00. The molecule has 0 aliphatic heterocycles. The van der Waals surface area contributed by atoms with Crippen molar-refractivity contribution in [3.8, 4) is 0 Å². The van der Waals surface area contributed by atoms with E-state index < -0.39 is 0 Å². The number of hydrogen-bond acceptors (Lipinski definition) is 4. The van der Waals surface area contributed by atoms with Gasteiger partial charge in [-0.05, 0) is 37.5 Å². The molecule has 25 heavy (non-hydrogen) atoms. The molecule has 1 saturated carbocycles. The highest BCUT2D eigenvalue weighted by atomic mass is 32.2. The Bertz CT molecular complexity index is 688. The molecule has 5 heteroatoms. The highest BCUT2D eigenvalue weighted by Crippen LogP contribution is 2.26. The van der Waals surface area contributed by atoms with Gasteiger partial charge in [-0.3, -0.25) is 4.79 Å². The summed E-state index contributed by atoms with van der Waals surface area (Å²) in [4.78, 5) is 19.2. The number of hydrogen-bond donors (Lipinski definition) is 0. The predicted molar refractivity (Wildman–Crippen MR) is 106 cm³/mol. The summed E-state index contributed by atoms with van der Waals surface area (Å²) in [6, 6.07) is 8.48. The van der Waals surface area contributed by atoms with Gasteiger partial charge in [0.1, 0.15) is 4.34 Å². The summed E-state index contributed by atoms with van der Waals surface area (Å²) in [5, 5.41) is 2.08. The summed E-state index contributed by atoms with van der Waals surface area (Å²) < 4.78 is 1.10. The molecule has 134 valence electrons. The summed E-state index contributed by atoms with van der Waals surface area (Å²) in [6.07, 6.45) is 7.39. The molecule has 2 aromatic rings. The molecule has 0 spiro atoms. The Kier molecular flexibility index (Phi) is 6.54. The molecule has 1 amide bonds. The standard InChI is InChI=1S/C20H26N2OS2/c1-15-13-24-20(21-15)25-14-16-9-11-17(12-10-16)19(23)22(2)18-7-5-3-4-6-8-18/h9-13,18H,3-8,14H2,1-2H3. The number of benzene rings is 1. The third kappa shape index (κ3) is 5.08. The largest absolute Gasteiger partial charge is 0.339 e. The van der Waals surface area contributed by atoms with Crippen LogP contribution in [0.5, 0.6) is 0 Å². The van der Waals surface area contributed by atoms with Crippen molar-refractivity contribution in [2.75, 3.05) is 7.05 Å². The molecule has 3 rings (SSSR count). The lowest BCUT2D eigenvalue weighted by Crippen LogP contribution is -2.36. The van der Waals surface area contributed by atoms with Crippen LogP contribution in [-0.2, 0) is 5.75 Å². The van der Waals surface area contributed by atoms with E-state index in [-0.39, 0.29) is 5.91 Å². The van der Waals surface area contributed by atoms with Crippen LogP contribution in [0.3, 0.4) is 0 Å². The van der Waals surface area contributed by atoms with Crippen LogP contribution in [0, 0.1) is 6.92 Å². The van der Waals surface area contributed by atoms with Crippen molar-refractivity contribution < 1.29 is 4.79 Å². The zero-order valence-electron chi connectivity index (χ0n) is 15.0. The maximum Gasteiger partial charge on any atom is 0.253 e. The number of aryl methyl sites for hydroxylation is 1. The van der Waals surface area contributed by atoms with Crippen molar-refractivity contribution >= 4 is 29.0 Å². The molecule has 1 aromatic heterocycles. The van der Waals surface area contributed by atoms with Crippen LogP contribution in [0.2, 0.25) is 0 Å². The predicted octanol–water partition coefficient (Wildman–Crippen LogP) is 5.54. The molecular weight excluding hydrogens is 348 g/mol. The average Bonchev–Trinajstić information content (AvgIpc) is 2.87. The van der Waals surface area contributed by atoms with Gasteiger partial charge >= 0.3 is 0 Å². The first-order valence-corrected chi connectivity index (χ1v) is 10.9. The topological polar surface area (TPSA) is 33.2 Å². The molecule has 0 unspecified atom stereocenters. The van der Waals surface area contributed by atoms with Crippen molar-refractivity contribution in [3.63, 3.8) is 0 Å². The van der Waals surface area contributed by atoms with Crippen molar-refractivity contribution in [2.45, 2.75) is 61.6 Å². The summed E-state index contributed by atoms with van der Waals surface area (Å²) in [6.45, 7) is 2.02. The minimum atomic E-state index is 0.154. The van der Waals surface area contributed by atoms with Crippen LogP contribution in [0.1, 0.15) is 60.1 Å². The van der Waals surface area contributed by atoms with Gasteiger partial charge in [0, 0.05) is 35.5 Å². The fourth-order valence-corrected chi connectivity index (χ4v) is 5.11. The minimum Gasteiger partial charge on any atom is -0.339 e. The van der Waals surface area contributed by atoms with Crippen LogP contribution in [0.4, 0.5) is 0 Å². The SMILES string of the molecule is Cc1csc(SCc2ccc(C(=O)N(C)C3CCCCCC3)cc2)n1. The monoisotopic (exact) mass is 374 g/mol. The lowest BCUT2D eigenvalue weighted by Gasteiger charge is -2.27. The first kappa shape index (κ1) is 18.5. The molecule has 0 saturated heterocycles. The smallest absolute Gasteiger partial charge is 0.253 e. The second-order valence-corrected chi connectivity index (χ2v) is 8.88. The zero-order valence-corrected chi connectivity index (χ0v) is 16.7. The van der Waals surface area contributed by atoms with Gasteiger partial charge in [-0.15, -0.1) is 11.3 Å². The molecule has 1 aliphatic rings. The fraction of sp³-hybridized carbons (Fsp3) is 0.500. The Hall–Kier alpha value is -1.33. The molecule has 1 aromatic carbocycles. The van der Waals surface area contributed by atoms with Crippen LogP contribution in [0.15, 0.2) is 34.0 Å². The third-order valence-electron chi connectivity index (χ3n) is 4.85. The number of nitrogens with zero attached hydrogens (tertiary/aromatic N) is 2. The molecule has 3 nitrogen and oxygen atoms in total. The van der Waals surface area contributed by atoms with E-state index in [2.05, 4.69) is 22.5 Å². The van der Waals surface area contributed by atoms with E-state index in [1.807, 2.05) is 31.0 Å². The molecule has 0 radical (unpaired) electrons. The van der Waals surface area contributed by atoms with Gasteiger partial charge in [0.15, 0.2) is 0 Å². The molecule has 0 N–H and O–H groups in total. The maximum atomic E-state index is 12.8. The van der Waals surface area contributed by atoms with Gasteiger partial charge in [0.05, 0.1) is 0 Å². The number of amides is 1. The average molecular weight is 375 g/mol. The molecule has 1 heterocycles. The van der Waals surface area contributed by atoms with Gasteiger partial charge in [0.2, 0.25) is 0 Å². The Labute approximate surface area is 158 Å². The Balaban J connectivity index is 1.57. The minimum absolute atomic E-state index is 0.154.